The van der Waals surface area contributed by atoms with Gasteiger partial charge in [-0.05, 0) is 81.4 Å². The second-order valence-corrected chi connectivity index (χ2v) is 30.8. The number of rotatable bonds is 55. The Labute approximate surface area is 744 Å². The number of phenolic OH excluding ortho intramolecular Hbond substituents is 1. The van der Waals surface area contributed by atoms with E-state index < -0.39 is 284 Å². The number of aliphatic carboxylic acids is 2. The van der Waals surface area contributed by atoms with Gasteiger partial charge in [0.15, 0.2) is 11.9 Å². The number of phenols is 1. The molecular weight excluding hydrogens is 1740 g/mol. The van der Waals surface area contributed by atoms with E-state index >= 15 is 0 Å². The summed E-state index contributed by atoms with van der Waals surface area (Å²) in [5.74, 6) is -24.0. The minimum atomic E-state index is -1.99. The molecule has 2 aliphatic heterocycles. The fraction of sp³-hybridized carbons (Fsp3) is 0.589. The van der Waals surface area contributed by atoms with Crippen molar-refractivity contribution >= 4 is 175 Å². The molecule has 0 spiro atoms. The van der Waals surface area contributed by atoms with E-state index in [4.69, 9.17) is 39.5 Å². The number of hydrogen-bond acceptors (Lipinski definition) is 29. The smallest absolute Gasteiger partial charge is 0.305 e. The molecule has 0 unspecified atom stereocenters. The van der Waals surface area contributed by atoms with Gasteiger partial charge in [-0.15, -0.1) is 0 Å². The molecule has 1 aromatic heterocycles. The Kier molecular flexibility index (Phi) is 45.6. The van der Waals surface area contributed by atoms with Gasteiger partial charge in [0.1, 0.15) is 96.4 Å². The zero-order chi connectivity index (χ0) is 94.2. The minimum Gasteiger partial charge on any atom is -0.508 e. The average molecular weight is 1850 g/mol. The van der Waals surface area contributed by atoms with Crippen LogP contribution in [0.3, 0.4) is 0 Å². The van der Waals surface area contributed by atoms with Crippen molar-refractivity contribution in [1.29, 1.82) is 10.8 Å². The molecule has 17 amide bonds. The quantitative estimate of drug-likeness (QED) is 0.0127. The fourth-order valence-electron chi connectivity index (χ4n) is 13.0. The molecule has 0 bridgehead atoms. The van der Waals surface area contributed by atoms with Crippen molar-refractivity contribution in [3.05, 3.63) is 48.0 Å². The number of imidazole rings is 1. The fourth-order valence-corrected chi connectivity index (χ4v) is 14.0. The van der Waals surface area contributed by atoms with Gasteiger partial charge in [-0.2, -0.15) is 50.5 Å². The first-order valence-corrected chi connectivity index (χ1v) is 42.4. The van der Waals surface area contributed by atoms with Gasteiger partial charge in [0, 0.05) is 80.3 Å². The minimum absolute atomic E-state index is 0.0283. The Bertz CT molecular complexity index is 4180. The highest BCUT2D eigenvalue weighted by Crippen LogP contribution is 2.24. The highest BCUT2D eigenvalue weighted by Gasteiger charge is 2.44. The first-order chi connectivity index (χ1) is 59.6. The Morgan fingerprint density at radius 2 is 0.913 bits per heavy atom. The van der Waals surface area contributed by atoms with Gasteiger partial charge in [0.2, 0.25) is 100 Å². The van der Waals surface area contributed by atoms with Crippen LogP contribution >= 0.6 is 50.5 Å². The molecule has 0 saturated carbocycles. The molecule has 16 atom stereocenters. The van der Waals surface area contributed by atoms with Crippen molar-refractivity contribution in [3.63, 3.8) is 0 Å². The third-order valence-electron chi connectivity index (χ3n) is 19.9. The number of benzene rings is 1. The van der Waals surface area contributed by atoms with Gasteiger partial charge < -0.3 is 144 Å². The number of guanidine groups is 2. The lowest BCUT2D eigenvalue weighted by atomic mass is 9.97. The maximum absolute atomic E-state index is 15.0. The van der Waals surface area contributed by atoms with E-state index in [0.717, 1.165) is 9.80 Å². The van der Waals surface area contributed by atoms with E-state index in [1.807, 2.05) is 0 Å². The Hall–Kier alpha value is -12.0. The number of carbonyl (C=O) groups is 19. The first kappa shape index (κ1) is 106. The average Bonchev–Trinajstić information content (AvgIpc) is 1.63. The van der Waals surface area contributed by atoms with Crippen molar-refractivity contribution in [1.82, 2.24) is 99.5 Å². The molecule has 4 rings (SSSR count). The predicted octanol–water partition coefficient (Wildman–Crippen LogP) is -10.9. The largest absolute Gasteiger partial charge is 0.508 e. The number of aromatic nitrogens is 2. The number of carboxylic acids is 2. The van der Waals surface area contributed by atoms with Crippen LogP contribution in [-0.4, -0.2) is 317 Å². The molecule has 32 N–H and O–H groups in total. The molecule has 2 aromatic rings. The van der Waals surface area contributed by atoms with E-state index in [-0.39, 0.29) is 106 Å². The van der Waals surface area contributed by atoms with Crippen molar-refractivity contribution in [2.75, 3.05) is 62.3 Å². The van der Waals surface area contributed by atoms with Crippen molar-refractivity contribution in [3.8, 4) is 5.75 Å². The summed E-state index contributed by atoms with van der Waals surface area (Å²) >= 11 is 16.5. The number of aliphatic hydroxyl groups excluding tert-OH is 1. The van der Waals surface area contributed by atoms with Gasteiger partial charge >= 0.3 is 11.9 Å². The highest BCUT2D eigenvalue weighted by molar-refractivity contribution is 7.80. The standard InChI is InChI=1S/C73H114N26O23S4/c1-3-34(2)56(69(120)94-46(29-123)57(76)108)97-60(111)40(16-17-54(104)105)88-68(119)51-11-6-20-98(51)70(121)43(23-36-27-81-33-84-36)91-62(113)42(24-52(75)102)90-61(112)41(22-35-12-14-37(101)15-13-35)89-58(109)38(8-4-18-82-72(77)78)86-65(116)48(31-125)95-59(110)39(9-5-19-83-73(79)80)87-67(118)50-10-7-21-99(50)71(122)44(25-55(106)107)92-63(114)45(28-100)93-66(117)49(32-126)96-64(115)47(30-124)85-53(103)26-74/h12-15,27,33-34,38-51,56,100-101,123-126H,3-11,16-26,28-32,74H2,1-2H3,(H2,75,102)(H2,76,108)(H,81,84)(H,85,103)(H,86,116)(H,87,118)(H,88,119)(H,89,109)(H,90,112)(H,91,113)(H,92,114)(H,93,117)(H,94,120)(H,95,110)(H,96,115)(H,97,111)(H,104,105)(H,106,107)(H4,77,78,82)(H4,79,80,83)/t34-,38-,39-,40-,41-,42-,43-,44-,45-,46-,47-,48-,49-,50-,51-,56-/m0/s1. The van der Waals surface area contributed by atoms with E-state index in [9.17, 15) is 112 Å². The van der Waals surface area contributed by atoms with Gasteiger partial charge in [0.05, 0.1) is 32.3 Å². The molecule has 3 heterocycles. The third-order valence-corrected chi connectivity index (χ3v) is 21.4. The summed E-state index contributed by atoms with van der Waals surface area (Å²) < 4.78 is 0. The number of aromatic amines is 1. The molecule has 53 heteroatoms. The lowest BCUT2D eigenvalue weighted by molar-refractivity contribution is -0.146. The van der Waals surface area contributed by atoms with Crippen LogP contribution in [0.15, 0.2) is 36.8 Å². The van der Waals surface area contributed by atoms with Crippen LogP contribution in [0.25, 0.3) is 0 Å². The van der Waals surface area contributed by atoms with Crippen LogP contribution in [0.4, 0.5) is 0 Å². The number of hydrogen-bond donors (Lipinski definition) is 31. The van der Waals surface area contributed by atoms with E-state index in [1.54, 1.807) is 13.8 Å². The number of nitrogens with one attached hydrogen (secondary N) is 18. The van der Waals surface area contributed by atoms with Crippen LogP contribution in [-0.2, 0) is 104 Å². The zero-order valence-electron chi connectivity index (χ0n) is 68.9. The van der Waals surface area contributed by atoms with E-state index in [2.05, 4.69) is 140 Å². The van der Waals surface area contributed by atoms with E-state index in [1.165, 1.54) is 36.8 Å². The monoisotopic (exact) mass is 1850 g/mol. The third kappa shape index (κ3) is 35.2. The van der Waals surface area contributed by atoms with Gasteiger partial charge in [-0.1, -0.05) is 32.4 Å². The normalized spacial score (nSPS) is 16.8. The second-order valence-electron chi connectivity index (χ2n) is 29.4. The summed E-state index contributed by atoms with van der Waals surface area (Å²) in [7, 11) is 0. The van der Waals surface area contributed by atoms with Crippen molar-refractivity contribution in [2.24, 2.45) is 34.6 Å². The number of H-pyrrole nitrogens is 1. The predicted molar refractivity (Wildman–Crippen MR) is 460 cm³/mol. The highest BCUT2D eigenvalue weighted by atomic mass is 32.1. The number of primary amides is 2. The Morgan fingerprint density at radius 1 is 0.500 bits per heavy atom. The van der Waals surface area contributed by atoms with Crippen LogP contribution < -0.4 is 108 Å². The first-order valence-electron chi connectivity index (χ1n) is 39.9. The van der Waals surface area contributed by atoms with Crippen LogP contribution in [0.1, 0.15) is 109 Å². The summed E-state index contributed by atoms with van der Waals surface area (Å²) in [4.78, 5) is 269. The zero-order valence-corrected chi connectivity index (χ0v) is 72.5. The summed E-state index contributed by atoms with van der Waals surface area (Å²) in [5, 5.41) is 91.9. The number of aliphatic hydroxyl groups is 1. The maximum atomic E-state index is 15.0. The number of likely N-dealkylation sites (tertiary alicyclic amines) is 2. The lowest BCUT2D eigenvalue weighted by Gasteiger charge is -2.31. The molecule has 698 valence electrons. The maximum Gasteiger partial charge on any atom is 0.305 e. The molecule has 2 aliphatic rings. The number of thiol groups is 4. The number of nitrogens with zero attached hydrogens (tertiary/aromatic N) is 3. The lowest BCUT2D eigenvalue weighted by Crippen LogP contribution is -2.62. The topological polar surface area (TPSA) is 799 Å². The number of carboxylic acid groups (broad SMARTS) is 2. The van der Waals surface area contributed by atoms with Crippen molar-refractivity contribution in [2.45, 2.75) is 201 Å². The molecule has 49 nitrogen and oxygen atoms in total. The van der Waals surface area contributed by atoms with Gasteiger partial charge in [0.25, 0.3) is 0 Å². The summed E-state index contributed by atoms with van der Waals surface area (Å²) in [6, 6.07) is -19.1. The number of nitrogens with two attached hydrogens (primary N) is 5. The number of carbonyl (C=O) groups excluding carboxylic acids is 17. The van der Waals surface area contributed by atoms with Gasteiger partial charge in [-0.3, -0.25) is 102 Å². The molecule has 2 saturated heterocycles. The molecule has 2 fully saturated rings. The Morgan fingerprint density at radius 3 is 1.37 bits per heavy atom. The van der Waals surface area contributed by atoms with Crippen LogP contribution in [0, 0.1) is 16.7 Å². The molecule has 0 radical (unpaired) electrons. The number of amides is 17. The van der Waals surface area contributed by atoms with Crippen LogP contribution in [0.2, 0.25) is 0 Å². The van der Waals surface area contributed by atoms with Gasteiger partial charge in [-0.25, -0.2) is 4.98 Å². The summed E-state index contributed by atoms with van der Waals surface area (Å²) in [6.07, 6.45) is -1.93. The van der Waals surface area contributed by atoms with Crippen LogP contribution in [0.5, 0.6) is 5.75 Å². The van der Waals surface area contributed by atoms with E-state index in [0.29, 0.717) is 6.42 Å². The molecule has 126 heavy (non-hydrogen) atoms. The molecular formula is C73H114N26O23S4. The SMILES string of the molecule is CC[C@H](C)[C@H](NC(=O)[C@H](CCC(=O)O)NC(=O)[C@@H]1CCCN1C(=O)[C@H](Cc1cnc[nH]1)NC(=O)[C@H](CC(N)=O)NC(=O)[C@H](Cc1ccc(O)cc1)NC(=O)[C@H](CCCNC(=N)N)NC(=O)[C@H](CS)NC(=O)[C@H](CCCNC(=N)N)NC(=O)[C@@H]1CCCN1C(=O)[C@H](CC(=O)O)NC(=O)[C@H](CO)NC(=O)[C@H](CS)NC(=O)[C@H](CS)NC(=O)CN)C(=O)N[C@@H](CS)C(N)=O. The number of aromatic hydroxyl groups is 1. The summed E-state index contributed by atoms with van der Waals surface area (Å²) in [5.41, 5.74) is 27.9. The Balaban J connectivity index is 1.64. The summed E-state index contributed by atoms with van der Waals surface area (Å²) in [6.45, 7) is 1.13. The molecule has 0 aliphatic carbocycles. The molecule has 1 aromatic carbocycles. The second kappa shape index (κ2) is 54.0. The van der Waals surface area contributed by atoms with Crippen molar-refractivity contribution < 1.29 is 112 Å².